The molecule has 0 aliphatic carbocycles. The number of benzene rings is 2. The number of nitrogens with zero attached hydrogens (tertiary/aromatic N) is 3. The van der Waals surface area contributed by atoms with Crippen LogP contribution < -0.4 is 4.74 Å². The van der Waals surface area contributed by atoms with Crippen LogP contribution in [0.4, 0.5) is 0 Å². The van der Waals surface area contributed by atoms with Crippen molar-refractivity contribution in [3.63, 3.8) is 0 Å². The highest BCUT2D eigenvalue weighted by atomic mass is 16.5. The Morgan fingerprint density at radius 1 is 1.00 bits per heavy atom. The second kappa shape index (κ2) is 8.21. The number of piperidine rings is 1. The normalized spacial score (nSPS) is 14.7. The summed E-state index contributed by atoms with van der Waals surface area (Å²) in [7, 11) is 0. The van der Waals surface area contributed by atoms with Crippen LogP contribution in [0.15, 0.2) is 67.0 Å². The van der Waals surface area contributed by atoms with Crippen LogP contribution in [-0.4, -0.2) is 33.9 Å². The molecule has 0 unspecified atom stereocenters. The van der Waals surface area contributed by atoms with E-state index in [4.69, 9.17) is 4.74 Å². The van der Waals surface area contributed by atoms with Crippen molar-refractivity contribution >= 4 is 5.91 Å². The molecule has 5 nitrogen and oxygen atoms in total. The van der Waals surface area contributed by atoms with Crippen molar-refractivity contribution in [3.05, 3.63) is 72.6 Å². The van der Waals surface area contributed by atoms with Crippen LogP contribution in [0.2, 0.25) is 0 Å². The summed E-state index contributed by atoms with van der Waals surface area (Å²) >= 11 is 0. The molecule has 1 saturated heterocycles. The van der Waals surface area contributed by atoms with Crippen LogP contribution in [0, 0.1) is 5.92 Å². The zero-order valence-corrected chi connectivity index (χ0v) is 15.9. The van der Waals surface area contributed by atoms with E-state index in [0.29, 0.717) is 17.4 Å². The predicted octanol–water partition coefficient (Wildman–Crippen LogP) is 4.81. The smallest absolute Gasteiger partial charge is 0.253 e. The van der Waals surface area contributed by atoms with Crippen molar-refractivity contribution < 1.29 is 9.53 Å². The minimum atomic E-state index is 0.0866. The molecule has 1 amide bonds. The van der Waals surface area contributed by atoms with E-state index in [-0.39, 0.29) is 5.91 Å². The molecule has 0 N–H and O–H groups in total. The summed E-state index contributed by atoms with van der Waals surface area (Å²) in [5.74, 6) is 1.97. The first-order valence-corrected chi connectivity index (χ1v) is 9.64. The molecule has 142 valence electrons. The Labute approximate surface area is 165 Å². The first kappa shape index (κ1) is 18.2. The maximum Gasteiger partial charge on any atom is 0.253 e. The summed E-state index contributed by atoms with van der Waals surface area (Å²) in [5, 5.41) is 0. The van der Waals surface area contributed by atoms with Gasteiger partial charge in [0.2, 0.25) is 5.88 Å². The number of likely N-dealkylation sites (tertiary alicyclic amines) is 1. The zero-order chi connectivity index (χ0) is 19.3. The van der Waals surface area contributed by atoms with E-state index < -0.39 is 0 Å². The third-order valence-electron chi connectivity index (χ3n) is 5.08. The molecule has 0 radical (unpaired) electrons. The fourth-order valence-corrected chi connectivity index (χ4v) is 3.37. The average molecular weight is 373 g/mol. The van der Waals surface area contributed by atoms with E-state index in [0.717, 1.165) is 42.9 Å². The lowest BCUT2D eigenvalue weighted by Gasteiger charge is -2.30. The summed E-state index contributed by atoms with van der Waals surface area (Å²) in [6, 6.07) is 18.9. The second-order valence-corrected chi connectivity index (χ2v) is 7.21. The van der Waals surface area contributed by atoms with Gasteiger partial charge in [0.15, 0.2) is 0 Å². The lowest BCUT2D eigenvalue weighted by atomic mass is 9.98. The van der Waals surface area contributed by atoms with Crippen molar-refractivity contribution in [1.82, 2.24) is 14.9 Å². The van der Waals surface area contributed by atoms with Gasteiger partial charge in [0.1, 0.15) is 12.1 Å². The van der Waals surface area contributed by atoms with Crippen molar-refractivity contribution in [2.24, 2.45) is 5.92 Å². The molecule has 5 heteroatoms. The number of rotatable bonds is 4. The molecule has 1 aromatic heterocycles. The summed E-state index contributed by atoms with van der Waals surface area (Å²) in [4.78, 5) is 23.4. The third-order valence-corrected chi connectivity index (χ3v) is 5.08. The summed E-state index contributed by atoms with van der Waals surface area (Å²) < 4.78 is 5.80. The molecule has 0 spiro atoms. The molecular weight excluding hydrogens is 350 g/mol. The van der Waals surface area contributed by atoms with Crippen molar-refractivity contribution in [2.45, 2.75) is 19.8 Å². The maximum atomic E-state index is 12.9. The second-order valence-electron chi connectivity index (χ2n) is 7.21. The topological polar surface area (TPSA) is 55.3 Å². The van der Waals surface area contributed by atoms with Gasteiger partial charge in [0.05, 0.1) is 5.69 Å². The highest BCUT2D eigenvalue weighted by Crippen LogP contribution is 2.25. The van der Waals surface area contributed by atoms with Gasteiger partial charge in [0.25, 0.3) is 5.91 Å². The first-order valence-electron chi connectivity index (χ1n) is 9.64. The molecular formula is C23H23N3O2. The number of carbonyl (C=O) groups is 1. The number of hydrogen-bond acceptors (Lipinski definition) is 4. The average Bonchev–Trinajstić information content (AvgIpc) is 2.75. The molecule has 3 aromatic rings. The number of aromatic nitrogens is 2. The van der Waals surface area contributed by atoms with Crippen molar-refractivity contribution in [3.8, 4) is 22.9 Å². The molecule has 0 bridgehead atoms. The Morgan fingerprint density at radius 3 is 2.57 bits per heavy atom. The fourth-order valence-electron chi connectivity index (χ4n) is 3.37. The van der Waals surface area contributed by atoms with Crippen LogP contribution in [0.25, 0.3) is 11.3 Å². The largest absolute Gasteiger partial charge is 0.439 e. The SMILES string of the molecule is CC1CCN(C(=O)c2cccc(-c3cc(Oc4ccccc4)ncn3)c2)CC1. The van der Waals surface area contributed by atoms with Crippen LogP contribution >= 0.6 is 0 Å². The van der Waals surface area contributed by atoms with Gasteiger partial charge in [-0.05, 0) is 43.0 Å². The number of hydrogen-bond donors (Lipinski definition) is 0. The number of amides is 1. The van der Waals surface area contributed by atoms with Gasteiger partial charge in [-0.1, -0.05) is 37.3 Å². The lowest BCUT2D eigenvalue weighted by Crippen LogP contribution is -2.37. The van der Waals surface area contributed by atoms with Crippen LogP contribution in [0.3, 0.4) is 0 Å². The van der Waals surface area contributed by atoms with E-state index in [1.807, 2.05) is 59.5 Å². The Kier molecular flexibility index (Phi) is 5.33. The van der Waals surface area contributed by atoms with Gasteiger partial charge >= 0.3 is 0 Å². The molecule has 28 heavy (non-hydrogen) atoms. The van der Waals surface area contributed by atoms with Crippen molar-refractivity contribution in [1.29, 1.82) is 0 Å². The van der Waals surface area contributed by atoms with E-state index >= 15 is 0 Å². The first-order chi connectivity index (χ1) is 13.7. The lowest BCUT2D eigenvalue weighted by molar-refractivity contribution is 0.0697. The van der Waals surface area contributed by atoms with Crippen LogP contribution in [-0.2, 0) is 0 Å². The Bertz CT molecular complexity index is 951. The van der Waals surface area contributed by atoms with Gasteiger partial charge in [0, 0.05) is 30.3 Å². The van der Waals surface area contributed by atoms with E-state index in [1.165, 1.54) is 6.33 Å². The molecule has 1 fully saturated rings. The highest BCUT2D eigenvalue weighted by molar-refractivity contribution is 5.95. The van der Waals surface area contributed by atoms with Gasteiger partial charge < -0.3 is 9.64 Å². The minimum absolute atomic E-state index is 0.0866. The van der Waals surface area contributed by atoms with Gasteiger partial charge in [-0.2, -0.15) is 0 Å². The van der Waals surface area contributed by atoms with E-state index in [2.05, 4.69) is 16.9 Å². The van der Waals surface area contributed by atoms with Gasteiger partial charge in [-0.3, -0.25) is 4.79 Å². The predicted molar refractivity (Wildman–Crippen MR) is 108 cm³/mol. The Morgan fingerprint density at radius 2 is 1.79 bits per heavy atom. The molecule has 0 saturated carbocycles. The molecule has 4 rings (SSSR count). The summed E-state index contributed by atoms with van der Waals surface area (Å²) in [6.07, 6.45) is 3.61. The highest BCUT2D eigenvalue weighted by Gasteiger charge is 2.21. The minimum Gasteiger partial charge on any atom is -0.439 e. The number of carbonyl (C=O) groups excluding carboxylic acids is 1. The quantitative estimate of drug-likeness (QED) is 0.659. The summed E-state index contributed by atoms with van der Waals surface area (Å²) in [5.41, 5.74) is 2.29. The van der Waals surface area contributed by atoms with Crippen LogP contribution in [0.1, 0.15) is 30.1 Å². The Balaban J connectivity index is 1.54. The third kappa shape index (κ3) is 4.19. The maximum absolute atomic E-state index is 12.9. The zero-order valence-electron chi connectivity index (χ0n) is 15.9. The Hall–Kier alpha value is -3.21. The van der Waals surface area contributed by atoms with Crippen LogP contribution in [0.5, 0.6) is 11.6 Å². The monoisotopic (exact) mass is 373 g/mol. The van der Waals surface area contributed by atoms with E-state index in [1.54, 1.807) is 6.07 Å². The van der Waals surface area contributed by atoms with Gasteiger partial charge in [-0.15, -0.1) is 0 Å². The molecule has 0 atom stereocenters. The molecule has 2 heterocycles. The fraction of sp³-hybridized carbons (Fsp3) is 0.261. The molecule has 2 aromatic carbocycles. The van der Waals surface area contributed by atoms with Gasteiger partial charge in [-0.25, -0.2) is 9.97 Å². The number of para-hydroxylation sites is 1. The number of ether oxygens (including phenoxy) is 1. The van der Waals surface area contributed by atoms with Crippen molar-refractivity contribution in [2.75, 3.05) is 13.1 Å². The molecule has 1 aliphatic rings. The standard InChI is InChI=1S/C23H23N3O2/c1-17-10-12-26(13-11-17)23(27)19-7-5-6-18(14-19)21-15-22(25-16-24-21)28-20-8-3-2-4-9-20/h2-9,14-17H,10-13H2,1H3. The van der Waals surface area contributed by atoms with E-state index in [9.17, 15) is 4.79 Å². The summed E-state index contributed by atoms with van der Waals surface area (Å²) in [6.45, 7) is 3.90. The molecule has 1 aliphatic heterocycles.